The summed E-state index contributed by atoms with van der Waals surface area (Å²) in [6, 6.07) is 18.1. The SMILES string of the molecule is O=Cc1cccn1-c1nc(-c2cccc3ccccc23)cs1. The first-order valence-electron chi connectivity index (χ1n) is 6.93. The van der Waals surface area contributed by atoms with Gasteiger partial charge in [-0.2, -0.15) is 0 Å². The molecule has 0 saturated carbocycles. The zero-order valence-corrected chi connectivity index (χ0v) is 12.5. The number of carbonyl (C=O) groups is 1. The first-order chi connectivity index (χ1) is 10.9. The maximum atomic E-state index is 11.1. The molecule has 2 heterocycles. The van der Waals surface area contributed by atoms with Crippen LogP contribution in [0.3, 0.4) is 0 Å². The van der Waals surface area contributed by atoms with Crippen LogP contribution in [0.15, 0.2) is 66.2 Å². The van der Waals surface area contributed by atoms with E-state index >= 15 is 0 Å². The van der Waals surface area contributed by atoms with Gasteiger partial charge in [0.2, 0.25) is 0 Å². The van der Waals surface area contributed by atoms with Gasteiger partial charge >= 0.3 is 0 Å². The summed E-state index contributed by atoms with van der Waals surface area (Å²) in [7, 11) is 0. The standard InChI is InChI=1S/C18H12N2OS/c21-11-14-7-4-10-20(14)18-19-17(12-22-18)16-9-3-6-13-5-1-2-8-15(13)16/h1-12H. The maximum absolute atomic E-state index is 11.1. The van der Waals surface area contributed by atoms with Crippen LogP contribution >= 0.6 is 11.3 Å². The molecule has 4 heteroatoms. The summed E-state index contributed by atoms with van der Waals surface area (Å²) in [4.78, 5) is 15.8. The minimum absolute atomic E-state index is 0.610. The van der Waals surface area contributed by atoms with Gasteiger partial charge in [-0.25, -0.2) is 4.98 Å². The zero-order valence-electron chi connectivity index (χ0n) is 11.6. The van der Waals surface area contributed by atoms with Crippen LogP contribution in [0.25, 0.3) is 27.2 Å². The lowest BCUT2D eigenvalue weighted by atomic mass is 10.0. The average molecular weight is 304 g/mol. The van der Waals surface area contributed by atoms with Crippen molar-refractivity contribution in [1.82, 2.24) is 9.55 Å². The van der Waals surface area contributed by atoms with E-state index in [-0.39, 0.29) is 0 Å². The van der Waals surface area contributed by atoms with Gasteiger partial charge in [0.25, 0.3) is 0 Å². The van der Waals surface area contributed by atoms with E-state index in [2.05, 4.69) is 24.3 Å². The maximum Gasteiger partial charge on any atom is 0.194 e. The molecule has 0 bridgehead atoms. The number of thiazole rings is 1. The lowest BCUT2D eigenvalue weighted by Crippen LogP contribution is -1.96. The van der Waals surface area contributed by atoms with Gasteiger partial charge in [-0.3, -0.25) is 9.36 Å². The van der Waals surface area contributed by atoms with E-state index in [1.165, 1.54) is 22.1 Å². The number of hydrogen-bond acceptors (Lipinski definition) is 3. The molecule has 0 N–H and O–H groups in total. The van der Waals surface area contributed by atoms with Crippen molar-refractivity contribution >= 4 is 28.4 Å². The highest BCUT2D eigenvalue weighted by Crippen LogP contribution is 2.30. The number of aldehydes is 1. The second-order valence-corrected chi connectivity index (χ2v) is 5.80. The Morgan fingerprint density at radius 1 is 1.00 bits per heavy atom. The van der Waals surface area contributed by atoms with Crippen LogP contribution in [-0.4, -0.2) is 15.8 Å². The predicted molar refractivity (Wildman–Crippen MR) is 89.8 cm³/mol. The van der Waals surface area contributed by atoms with Crippen LogP contribution in [0.4, 0.5) is 0 Å². The Balaban J connectivity index is 1.86. The van der Waals surface area contributed by atoms with Crippen LogP contribution in [0.2, 0.25) is 0 Å². The van der Waals surface area contributed by atoms with Crippen molar-refractivity contribution in [2.75, 3.05) is 0 Å². The molecule has 106 valence electrons. The summed E-state index contributed by atoms with van der Waals surface area (Å²) >= 11 is 1.53. The molecule has 0 unspecified atom stereocenters. The first kappa shape index (κ1) is 13.0. The molecule has 0 fully saturated rings. The largest absolute Gasteiger partial charge is 0.296 e. The number of benzene rings is 2. The molecule has 4 rings (SSSR count). The van der Waals surface area contributed by atoms with Crippen molar-refractivity contribution in [3.05, 3.63) is 71.9 Å². The van der Waals surface area contributed by atoms with Crippen LogP contribution in [0, 0.1) is 0 Å². The van der Waals surface area contributed by atoms with Gasteiger partial charge < -0.3 is 0 Å². The quantitative estimate of drug-likeness (QED) is 0.520. The van der Waals surface area contributed by atoms with Crippen molar-refractivity contribution in [3.8, 4) is 16.4 Å². The number of rotatable bonds is 3. The Hall–Kier alpha value is -2.72. The predicted octanol–water partition coefficient (Wildman–Crippen LogP) is 4.57. The van der Waals surface area contributed by atoms with Gasteiger partial charge in [-0.15, -0.1) is 11.3 Å². The fraction of sp³-hybridized carbons (Fsp3) is 0. The number of fused-ring (bicyclic) bond motifs is 1. The molecule has 2 aromatic heterocycles. The molecule has 0 spiro atoms. The summed E-state index contributed by atoms with van der Waals surface area (Å²) in [5.74, 6) is 0. The second-order valence-electron chi connectivity index (χ2n) is 4.96. The summed E-state index contributed by atoms with van der Waals surface area (Å²) in [6.45, 7) is 0. The molecule has 0 saturated heterocycles. The molecule has 0 atom stereocenters. The van der Waals surface area contributed by atoms with Crippen molar-refractivity contribution in [2.45, 2.75) is 0 Å². The third-order valence-corrected chi connectivity index (χ3v) is 4.50. The van der Waals surface area contributed by atoms with Gasteiger partial charge in [-0.05, 0) is 22.9 Å². The highest BCUT2D eigenvalue weighted by molar-refractivity contribution is 7.12. The van der Waals surface area contributed by atoms with E-state index < -0.39 is 0 Å². The molecule has 0 amide bonds. The summed E-state index contributed by atoms with van der Waals surface area (Å²) in [6.07, 6.45) is 2.70. The topological polar surface area (TPSA) is 34.9 Å². The van der Waals surface area contributed by atoms with E-state index in [0.29, 0.717) is 5.69 Å². The van der Waals surface area contributed by atoms with Crippen LogP contribution < -0.4 is 0 Å². The Bertz CT molecular complexity index is 963. The monoisotopic (exact) mass is 304 g/mol. The van der Waals surface area contributed by atoms with Gasteiger partial charge in [0.1, 0.15) is 0 Å². The highest BCUT2D eigenvalue weighted by Gasteiger charge is 2.10. The lowest BCUT2D eigenvalue weighted by Gasteiger charge is -2.03. The van der Waals surface area contributed by atoms with Crippen LogP contribution in [-0.2, 0) is 0 Å². The lowest BCUT2D eigenvalue weighted by molar-refractivity contribution is 0.111. The van der Waals surface area contributed by atoms with Crippen molar-refractivity contribution in [3.63, 3.8) is 0 Å². The molecule has 0 aliphatic carbocycles. The minimum atomic E-state index is 0.610. The van der Waals surface area contributed by atoms with E-state index in [0.717, 1.165) is 22.7 Å². The molecule has 0 aliphatic rings. The van der Waals surface area contributed by atoms with Gasteiger partial charge in [0, 0.05) is 17.1 Å². The third-order valence-electron chi connectivity index (χ3n) is 3.66. The smallest absolute Gasteiger partial charge is 0.194 e. The molecule has 0 aliphatic heterocycles. The molecule has 0 radical (unpaired) electrons. The molecule has 3 nitrogen and oxygen atoms in total. The number of carbonyl (C=O) groups excluding carboxylic acids is 1. The highest BCUT2D eigenvalue weighted by atomic mass is 32.1. The van der Waals surface area contributed by atoms with Crippen molar-refractivity contribution in [2.24, 2.45) is 0 Å². The Morgan fingerprint density at radius 2 is 1.86 bits per heavy atom. The zero-order chi connectivity index (χ0) is 14.9. The Kier molecular flexibility index (Phi) is 3.09. The van der Waals surface area contributed by atoms with E-state index in [9.17, 15) is 4.79 Å². The molecular weight excluding hydrogens is 292 g/mol. The molecular formula is C18H12N2OS. The van der Waals surface area contributed by atoms with Gasteiger partial charge in [0.05, 0.1) is 11.4 Å². The number of hydrogen-bond donors (Lipinski definition) is 0. The van der Waals surface area contributed by atoms with Crippen molar-refractivity contribution in [1.29, 1.82) is 0 Å². The second kappa shape index (κ2) is 5.24. The van der Waals surface area contributed by atoms with Crippen LogP contribution in [0.5, 0.6) is 0 Å². The third kappa shape index (κ3) is 2.05. The fourth-order valence-corrected chi connectivity index (χ4v) is 3.44. The van der Waals surface area contributed by atoms with E-state index in [1.54, 1.807) is 6.07 Å². The summed E-state index contributed by atoms with van der Waals surface area (Å²) < 4.78 is 1.81. The normalized spacial score (nSPS) is 10.9. The molecule has 22 heavy (non-hydrogen) atoms. The van der Waals surface area contributed by atoms with Crippen molar-refractivity contribution < 1.29 is 4.79 Å². The summed E-state index contributed by atoms with van der Waals surface area (Å²) in [5, 5.41) is 5.22. The Labute approximate surface area is 131 Å². The molecule has 4 aromatic rings. The molecule has 2 aromatic carbocycles. The summed E-state index contributed by atoms with van der Waals surface area (Å²) in [5.41, 5.74) is 2.65. The number of nitrogens with zero attached hydrogens (tertiary/aromatic N) is 2. The average Bonchev–Trinajstić information content (AvgIpc) is 3.22. The van der Waals surface area contributed by atoms with Gasteiger partial charge in [-0.1, -0.05) is 42.5 Å². The Morgan fingerprint density at radius 3 is 2.77 bits per heavy atom. The van der Waals surface area contributed by atoms with Crippen LogP contribution in [0.1, 0.15) is 10.5 Å². The number of aromatic nitrogens is 2. The van der Waals surface area contributed by atoms with E-state index in [4.69, 9.17) is 4.98 Å². The van der Waals surface area contributed by atoms with E-state index in [1.807, 2.05) is 40.4 Å². The fourth-order valence-electron chi connectivity index (χ4n) is 2.61. The minimum Gasteiger partial charge on any atom is -0.296 e. The van der Waals surface area contributed by atoms with Gasteiger partial charge in [0.15, 0.2) is 11.4 Å². The first-order valence-corrected chi connectivity index (χ1v) is 7.81.